The van der Waals surface area contributed by atoms with E-state index in [0.29, 0.717) is 29.9 Å². The maximum Gasteiger partial charge on any atom is 0.313 e. The first-order valence-electron chi connectivity index (χ1n) is 8.40. The molecule has 2 N–H and O–H groups in total. The van der Waals surface area contributed by atoms with Crippen molar-refractivity contribution in [2.75, 3.05) is 13.7 Å². The Morgan fingerprint density at radius 2 is 2.19 bits per heavy atom. The minimum absolute atomic E-state index is 0.0754. The summed E-state index contributed by atoms with van der Waals surface area (Å²) in [5.41, 5.74) is 8.50. The molecule has 0 radical (unpaired) electrons. The number of pyridine rings is 1. The highest BCUT2D eigenvalue weighted by Gasteiger charge is 2.19. The lowest BCUT2D eigenvalue weighted by molar-refractivity contribution is -0.141. The van der Waals surface area contributed by atoms with Crippen LogP contribution in [0.5, 0.6) is 5.88 Å². The molecule has 0 saturated heterocycles. The van der Waals surface area contributed by atoms with Gasteiger partial charge in [0.15, 0.2) is 5.84 Å². The number of amidine groups is 1. The monoisotopic (exact) mass is 389 g/mol. The van der Waals surface area contributed by atoms with Crippen LogP contribution in [0.1, 0.15) is 18.9 Å². The Balaban J connectivity index is 1.70. The molecular weight excluding hydrogens is 370 g/mol. The maximum absolute atomic E-state index is 11.5. The number of hydrazone groups is 1. The first-order chi connectivity index (χ1) is 13.1. The maximum atomic E-state index is 11.5. The zero-order valence-electron chi connectivity index (χ0n) is 15.0. The van der Waals surface area contributed by atoms with Crippen molar-refractivity contribution in [1.82, 2.24) is 21.1 Å². The van der Waals surface area contributed by atoms with E-state index in [0.717, 1.165) is 16.7 Å². The fourth-order valence-electron chi connectivity index (χ4n) is 2.62. The minimum atomic E-state index is -0.332. The second-order valence-corrected chi connectivity index (χ2v) is 6.19. The van der Waals surface area contributed by atoms with Crippen LogP contribution in [0.15, 0.2) is 41.6 Å². The number of hydrogen-bond donors (Lipinski definition) is 2. The molecule has 0 unspecified atom stereocenters. The number of carbonyl (C=O) groups excluding carboxylic acids is 1. The van der Waals surface area contributed by atoms with E-state index in [4.69, 9.17) is 21.1 Å². The first kappa shape index (κ1) is 18.9. The molecule has 2 heterocycles. The van der Waals surface area contributed by atoms with Gasteiger partial charge in [-0.15, -0.1) is 10.2 Å². The Kier molecular flexibility index (Phi) is 6.10. The number of methoxy groups -OCH3 is 1. The van der Waals surface area contributed by atoms with E-state index in [2.05, 4.69) is 21.0 Å². The van der Waals surface area contributed by atoms with Gasteiger partial charge in [-0.25, -0.2) is 10.5 Å². The van der Waals surface area contributed by atoms with Crippen LogP contribution < -0.4 is 15.7 Å². The molecule has 0 bridgehead atoms. The van der Waals surface area contributed by atoms with E-state index in [-0.39, 0.29) is 12.4 Å². The number of halogens is 1. The van der Waals surface area contributed by atoms with E-state index in [1.54, 1.807) is 25.3 Å². The molecule has 1 aliphatic rings. The average Bonchev–Trinajstić information content (AvgIpc) is 3.08. The molecule has 0 fully saturated rings. The molecule has 142 valence electrons. The number of aromatic nitrogens is 1. The summed E-state index contributed by atoms with van der Waals surface area (Å²) < 4.78 is 10.3. The second-order valence-electron chi connectivity index (χ2n) is 5.75. The van der Waals surface area contributed by atoms with Gasteiger partial charge in [-0.05, 0) is 36.2 Å². The standard InChI is InChI=1S/C18H20ClN5O3/c1-3-27-17(25)9-16-21-23-24(22-16)11-12-7-15(18(26-2)20-10-12)13-5-4-6-14(19)8-13/h4-8,10,23H,3,9,11H2,1-2H3,(H,21,22). The van der Waals surface area contributed by atoms with Crippen molar-refractivity contribution in [1.29, 1.82) is 0 Å². The first-order valence-corrected chi connectivity index (χ1v) is 8.77. The molecular formula is C18H20ClN5O3. The summed E-state index contributed by atoms with van der Waals surface area (Å²) in [6, 6.07) is 9.47. The molecule has 0 aliphatic carbocycles. The lowest BCUT2D eigenvalue weighted by Gasteiger charge is -2.17. The predicted molar refractivity (Wildman–Crippen MR) is 102 cm³/mol. The molecule has 2 aromatic rings. The number of rotatable bonds is 7. The second kappa shape index (κ2) is 8.70. The van der Waals surface area contributed by atoms with Crippen LogP contribution in [0.25, 0.3) is 11.1 Å². The zero-order valence-corrected chi connectivity index (χ0v) is 15.8. The van der Waals surface area contributed by atoms with Gasteiger partial charge in [-0.2, -0.15) is 0 Å². The fraction of sp³-hybridized carbons (Fsp3) is 0.278. The van der Waals surface area contributed by atoms with Gasteiger partial charge in [0.2, 0.25) is 5.88 Å². The van der Waals surface area contributed by atoms with Crippen molar-refractivity contribution in [3.8, 4) is 17.0 Å². The molecule has 0 saturated carbocycles. The van der Waals surface area contributed by atoms with Crippen molar-refractivity contribution < 1.29 is 14.3 Å². The Bertz CT molecular complexity index is 859. The highest BCUT2D eigenvalue weighted by molar-refractivity contribution is 6.30. The van der Waals surface area contributed by atoms with Crippen molar-refractivity contribution in [2.24, 2.45) is 5.10 Å². The summed E-state index contributed by atoms with van der Waals surface area (Å²) in [4.78, 5) is 15.9. The van der Waals surface area contributed by atoms with E-state index >= 15 is 0 Å². The Morgan fingerprint density at radius 1 is 1.33 bits per heavy atom. The Hall–Kier alpha value is -2.84. The highest BCUT2D eigenvalue weighted by atomic mass is 35.5. The Labute approximate surface area is 162 Å². The zero-order chi connectivity index (χ0) is 19.2. The number of esters is 1. The molecule has 0 spiro atoms. The average molecular weight is 390 g/mol. The molecule has 1 aromatic heterocycles. The van der Waals surface area contributed by atoms with Crippen LogP contribution in [0.4, 0.5) is 0 Å². The van der Waals surface area contributed by atoms with Gasteiger partial charge in [0.1, 0.15) is 6.42 Å². The summed E-state index contributed by atoms with van der Waals surface area (Å²) >= 11 is 6.11. The van der Waals surface area contributed by atoms with Gasteiger partial charge >= 0.3 is 5.97 Å². The molecule has 1 aliphatic heterocycles. The van der Waals surface area contributed by atoms with Gasteiger partial charge < -0.3 is 9.47 Å². The molecule has 9 heteroatoms. The van der Waals surface area contributed by atoms with E-state index in [1.807, 2.05) is 30.3 Å². The largest absolute Gasteiger partial charge is 0.481 e. The van der Waals surface area contributed by atoms with Crippen molar-refractivity contribution >= 4 is 23.4 Å². The van der Waals surface area contributed by atoms with Crippen molar-refractivity contribution in [3.05, 3.63) is 47.1 Å². The lowest BCUT2D eigenvalue weighted by Crippen LogP contribution is -2.41. The summed E-state index contributed by atoms with van der Waals surface area (Å²) in [5, 5.41) is 6.37. The number of hydrogen-bond acceptors (Lipinski definition) is 8. The van der Waals surface area contributed by atoms with E-state index in [9.17, 15) is 4.79 Å². The summed E-state index contributed by atoms with van der Waals surface area (Å²) in [6.07, 6.45) is 1.80. The highest BCUT2D eigenvalue weighted by Crippen LogP contribution is 2.30. The SMILES string of the molecule is CCOC(=O)CC1=NNN(Cc2cnc(OC)c(-c3cccc(Cl)c3)c2)N1. The van der Waals surface area contributed by atoms with Gasteiger partial charge in [-0.3, -0.25) is 10.2 Å². The number of nitrogens with one attached hydrogen (secondary N) is 2. The normalized spacial score (nSPS) is 13.5. The number of nitrogens with zero attached hydrogens (tertiary/aromatic N) is 3. The van der Waals surface area contributed by atoms with Gasteiger partial charge in [0, 0.05) is 16.8 Å². The number of benzene rings is 1. The van der Waals surface area contributed by atoms with E-state index < -0.39 is 0 Å². The molecule has 0 amide bonds. The number of ether oxygens (including phenoxy) is 2. The molecule has 8 nitrogen and oxygen atoms in total. The summed E-state index contributed by atoms with van der Waals surface area (Å²) in [6.45, 7) is 2.56. The third-order valence-electron chi connectivity index (χ3n) is 3.76. The van der Waals surface area contributed by atoms with Crippen LogP contribution in [0.2, 0.25) is 5.02 Å². The van der Waals surface area contributed by atoms with Crippen molar-refractivity contribution in [2.45, 2.75) is 19.9 Å². The molecule has 27 heavy (non-hydrogen) atoms. The van der Waals surface area contributed by atoms with Crippen LogP contribution in [0.3, 0.4) is 0 Å². The topological polar surface area (TPSA) is 88.1 Å². The van der Waals surface area contributed by atoms with Gasteiger partial charge in [0.05, 0.1) is 20.3 Å². The van der Waals surface area contributed by atoms with Gasteiger partial charge in [-0.1, -0.05) is 23.7 Å². The third kappa shape index (κ3) is 4.87. The number of carbonyl (C=O) groups is 1. The van der Waals surface area contributed by atoms with Crippen LogP contribution in [-0.2, 0) is 16.1 Å². The smallest absolute Gasteiger partial charge is 0.313 e. The van der Waals surface area contributed by atoms with Crippen LogP contribution >= 0.6 is 11.6 Å². The summed E-state index contributed by atoms with van der Waals surface area (Å²) in [5.74, 6) is 0.675. The predicted octanol–water partition coefficient (Wildman–Crippen LogP) is 2.50. The van der Waals surface area contributed by atoms with Gasteiger partial charge in [0.25, 0.3) is 0 Å². The Morgan fingerprint density at radius 3 is 2.93 bits per heavy atom. The van der Waals surface area contributed by atoms with Crippen molar-refractivity contribution in [3.63, 3.8) is 0 Å². The fourth-order valence-corrected chi connectivity index (χ4v) is 2.81. The van der Waals surface area contributed by atoms with E-state index in [1.165, 1.54) is 0 Å². The lowest BCUT2D eigenvalue weighted by atomic mass is 10.1. The quantitative estimate of drug-likeness (QED) is 0.703. The molecule has 1 aromatic carbocycles. The van der Waals surface area contributed by atoms with Crippen LogP contribution in [-0.4, -0.2) is 35.6 Å². The molecule has 0 atom stereocenters. The third-order valence-corrected chi connectivity index (χ3v) is 4.00. The van der Waals surface area contributed by atoms with Crippen LogP contribution in [0, 0.1) is 0 Å². The molecule has 3 rings (SSSR count). The number of hydrazine groups is 2. The summed E-state index contributed by atoms with van der Waals surface area (Å²) in [7, 11) is 1.58. The minimum Gasteiger partial charge on any atom is -0.481 e.